The Hall–Kier alpha value is -2.49. The summed E-state index contributed by atoms with van der Waals surface area (Å²) in [6, 6.07) is 13.1. The zero-order chi connectivity index (χ0) is 26.3. The number of piperidine rings is 1. The fraction of sp³-hybridized carbons (Fsp3) is 0.517. The zero-order valence-corrected chi connectivity index (χ0v) is 22.6. The minimum Gasteiger partial charge on any atom is -0.354 e. The number of benzene rings is 2. The Labute approximate surface area is 227 Å². The Morgan fingerprint density at radius 1 is 1.21 bits per heavy atom. The van der Waals surface area contributed by atoms with Gasteiger partial charge in [0.2, 0.25) is 0 Å². The van der Waals surface area contributed by atoms with Crippen LogP contribution in [0.25, 0.3) is 0 Å². The molecule has 1 amide bonds. The predicted molar refractivity (Wildman–Crippen MR) is 148 cm³/mol. The van der Waals surface area contributed by atoms with Crippen LogP contribution in [-0.4, -0.2) is 60.9 Å². The van der Waals surface area contributed by atoms with Gasteiger partial charge in [-0.25, -0.2) is 13.8 Å². The van der Waals surface area contributed by atoms with Crippen LogP contribution in [0.15, 0.2) is 52.4 Å². The number of rotatable bonds is 7. The summed E-state index contributed by atoms with van der Waals surface area (Å²) in [7, 11) is 0. The Balaban J connectivity index is 1.26. The molecule has 2 saturated heterocycles. The molecule has 0 radical (unpaired) electrons. The lowest BCUT2D eigenvalue weighted by Gasteiger charge is -2.34. The van der Waals surface area contributed by atoms with E-state index in [1.165, 1.54) is 11.8 Å². The molecule has 0 spiro atoms. The van der Waals surface area contributed by atoms with E-state index in [9.17, 15) is 9.18 Å². The number of thioether (sulfide) groups is 1. The van der Waals surface area contributed by atoms with Crippen molar-refractivity contribution in [1.29, 1.82) is 0 Å². The number of halogens is 2. The zero-order valence-electron chi connectivity index (χ0n) is 21.8. The maximum Gasteiger partial charge on any atom is 0.254 e. The Morgan fingerprint density at radius 2 is 2.03 bits per heavy atom. The predicted octanol–water partition coefficient (Wildman–Crippen LogP) is 4.76. The van der Waals surface area contributed by atoms with Gasteiger partial charge in [0, 0.05) is 36.1 Å². The molecule has 0 aromatic heterocycles. The number of fused-ring (bicyclic) bond motifs is 3. The summed E-state index contributed by atoms with van der Waals surface area (Å²) < 4.78 is 29.4. The third kappa shape index (κ3) is 4.52. The van der Waals surface area contributed by atoms with Gasteiger partial charge in [-0.05, 0) is 87.6 Å². The van der Waals surface area contributed by atoms with E-state index in [0.29, 0.717) is 24.9 Å². The fourth-order valence-electron chi connectivity index (χ4n) is 6.31. The van der Waals surface area contributed by atoms with Crippen LogP contribution in [0.3, 0.4) is 0 Å². The molecule has 2 N–H and O–H groups in total. The molecule has 4 aliphatic heterocycles. The SMILES string of the molecule is CC1N2C(=N[C@@]1(C(=O)NCCCN1CCC(F)CC1)c1ccc(C3CCCN3)cc1F)Sc1ccccc12. The van der Waals surface area contributed by atoms with E-state index in [0.717, 1.165) is 66.8 Å². The van der Waals surface area contributed by atoms with Crippen LogP contribution in [0.2, 0.25) is 0 Å². The molecular weight excluding hydrogens is 504 g/mol. The number of para-hydroxylation sites is 1. The fourth-order valence-corrected chi connectivity index (χ4v) is 7.47. The van der Waals surface area contributed by atoms with Crippen molar-refractivity contribution in [2.45, 2.75) is 67.7 Å². The van der Waals surface area contributed by atoms with Gasteiger partial charge in [0.25, 0.3) is 5.91 Å². The van der Waals surface area contributed by atoms with Crippen molar-refractivity contribution in [3.8, 4) is 0 Å². The number of alkyl halides is 1. The molecule has 2 aromatic rings. The van der Waals surface area contributed by atoms with E-state index < -0.39 is 23.6 Å². The summed E-state index contributed by atoms with van der Waals surface area (Å²) in [5.74, 6) is -0.672. The van der Waals surface area contributed by atoms with Gasteiger partial charge in [0.05, 0.1) is 11.7 Å². The first-order chi connectivity index (χ1) is 18.5. The summed E-state index contributed by atoms with van der Waals surface area (Å²) >= 11 is 1.53. The number of likely N-dealkylation sites (tertiary alicyclic amines) is 1. The van der Waals surface area contributed by atoms with Crippen molar-refractivity contribution in [3.63, 3.8) is 0 Å². The van der Waals surface area contributed by atoms with Gasteiger partial charge < -0.3 is 20.4 Å². The lowest BCUT2D eigenvalue weighted by Crippen LogP contribution is -2.53. The molecule has 4 aliphatic rings. The maximum absolute atomic E-state index is 15.9. The molecule has 6 nitrogen and oxygen atoms in total. The quantitative estimate of drug-likeness (QED) is 0.497. The molecule has 4 heterocycles. The Morgan fingerprint density at radius 3 is 2.79 bits per heavy atom. The van der Waals surface area contributed by atoms with E-state index in [2.05, 4.69) is 20.4 Å². The maximum atomic E-state index is 15.9. The highest BCUT2D eigenvalue weighted by Crippen LogP contribution is 2.51. The number of nitrogens with zero attached hydrogens (tertiary/aromatic N) is 3. The van der Waals surface area contributed by atoms with Crippen molar-refractivity contribution >= 4 is 28.5 Å². The van der Waals surface area contributed by atoms with Gasteiger partial charge in [-0.15, -0.1) is 0 Å². The molecule has 6 rings (SSSR count). The van der Waals surface area contributed by atoms with Crippen LogP contribution in [0, 0.1) is 5.82 Å². The molecule has 2 fully saturated rings. The normalized spacial score (nSPS) is 27.3. The van der Waals surface area contributed by atoms with Crippen molar-refractivity contribution < 1.29 is 13.6 Å². The first kappa shape index (κ1) is 25.8. The Bertz CT molecular complexity index is 1230. The lowest BCUT2D eigenvalue weighted by molar-refractivity contribution is -0.127. The molecule has 3 atom stereocenters. The topological polar surface area (TPSA) is 60.0 Å². The summed E-state index contributed by atoms with van der Waals surface area (Å²) in [5.41, 5.74) is 0.833. The van der Waals surface area contributed by atoms with Crippen LogP contribution in [0.1, 0.15) is 56.2 Å². The van der Waals surface area contributed by atoms with Crippen LogP contribution < -0.4 is 15.5 Å². The molecule has 2 aromatic carbocycles. The largest absolute Gasteiger partial charge is 0.354 e. The summed E-state index contributed by atoms with van der Waals surface area (Å²) in [6.07, 6.45) is 3.25. The lowest BCUT2D eigenvalue weighted by atomic mass is 9.82. The number of hydrogen-bond donors (Lipinski definition) is 2. The molecule has 0 bridgehead atoms. The Kier molecular flexibility index (Phi) is 7.18. The van der Waals surface area contributed by atoms with E-state index in [4.69, 9.17) is 4.99 Å². The van der Waals surface area contributed by atoms with Gasteiger partial charge in [-0.3, -0.25) is 4.79 Å². The standard InChI is InChI=1S/C29H35F2N5OS/c1-19-29(34-28-36(19)25-7-2-3-8-26(25)38-28,22-10-9-20(18-23(22)31)24-6-4-13-32-24)27(37)33-14-5-15-35-16-11-21(30)12-17-35/h2-3,7-10,18-19,21,24,32H,4-6,11-17H2,1H3,(H,33,37)/t19?,24?,29-/m1/s1. The van der Waals surface area contributed by atoms with Gasteiger partial charge in [-0.2, -0.15) is 0 Å². The smallest absolute Gasteiger partial charge is 0.254 e. The molecule has 38 heavy (non-hydrogen) atoms. The number of nitrogens with one attached hydrogen (secondary N) is 2. The minimum absolute atomic E-state index is 0.142. The van der Waals surface area contributed by atoms with Crippen molar-refractivity contribution in [1.82, 2.24) is 15.5 Å². The molecule has 0 aliphatic carbocycles. The van der Waals surface area contributed by atoms with Crippen LogP contribution in [0.5, 0.6) is 0 Å². The van der Waals surface area contributed by atoms with Gasteiger partial charge in [-0.1, -0.05) is 24.3 Å². The molecule has 2 unspecified atom stereocenters. The number of carbonyl (C=O) groups excluding carboxylic acids is 1. The summed E-state index contributed by atoms with van der Waals surface area (Å²) in [4.78, 5) is 24.4. The highest BCUT2D eigenvalue weighted by Gasteiger charge is 2.56. The van der Waals surface area contributed by atoms with E-state index in [-0.39, 0.29) is 11.9 Å². The second-order valence-electron chi connectivity index (χ2n) is 10.8. The van der Waals surface area contributed by atoms with Crippen molar-refractivity contribution in [2.75, 3.05) is 37.6 Å². The number of aliphatic imine (C=N–C) groups is 1. The van der Waals surface area contributed by atoms with E-state index >= 15 is 4.39 Å². The number of anilines is 1. The minimum atomic E-state index is -1.39. The number of carbonyl (C=O) groups is 1. The van der Waals surface area contributed by atoms with Crippen molar-refractivity contribution in [2.24, 2.45) is 4.99 Å². The molecule has 0 saturated carbocycles. The third-order valence-electron chi connectivity index (χ3n) is 8.46. The third-order valence-corrected chi connectivity index (χ3v) is 9.50. The summed E-state index contributed by atoms with van der Waals surface area (Å²) in [6.45, 7) is 5.67. The number of amidine groups is 1. The molecular formula is C29H35F2N5OS. The van der Waals surface area contributed by atoms with Crippen LogP contribution in [0.4, 0.5) is 14.5 Å². The highest BCUT2D eigenvalue weighted by molar-refractivity contribution is 8.14. The average Bonchev–Trinajstić information content (AvgIpc) is 3.64. The first-order valence-corrected chi connectivity index (χ1v) is 14.6. The van der Waals surface area contributed by atoms with Crippen LogP contribution in [-0.2, 0) is 10.3 Å². The van der Waals surface area contributed by atoms with Crippen molar-refractivity contribution in [3.05, 3.63) is 59.4 Å². The average molecular weight is 540 g/mol. The summed E-state index contributed by atoms with van der Waals surface area (Å²) in [5, 5.41) is 7.24. The monoisotopic (exact) mass is 539 g/mol. The number of hydrogen-bond acceptors (Lipinski definition) is 6. The van der Waals surface area contributed by atoms with Gasteiger partial charge in [0.15, 0.2) is 10.7 Å². The van der Waals surface area contributed by atoms with E-state index in [1.807, 2.05) is 37.3 Å². The van der Waals surface area contributed by atoms with Gasteiger partial charge >= 0.3 is 0 Å². The number of amides is 1. The first-order valence-electron chi connectivity index (χ1n) is 13.8. The molecule has 202 valence electrons. The highest BCUT2D eigenvalue weighted by atomic mass is 32.2. The van der Waals surface area contributed by atoms with E-state index in [1.54, 1.807) is 12.1 Å². The second-order valence-corrected chi connectivity index (χ2v) is 11.8. The molecule has 9 heteroatoms. The van der Waals surface area contributed by atoms with Gasteiger partial charge in [0.1, 0.15) is 12.0 Å². The second kappa shape index (κ2) is 10.6. The van der Waals surface area contributed by atoms with Crippen LogP contribution >= 0.6 is 11.8 Å².